The molecule has 1 aliphatic heterocycles. The number of ether oxygens (including phenoxy) is 1. The number of amides is 1. The van der Waals surface area contributed by atoms with Crippen molar-refractivity contribution in [1.29, 1.82) is 5.26 Å². The van der Waals surface area contributed by atoms with Crippen LogP contribution in [-0.2, 0) is 4.74 Å². The lowest BCUT2D eigenvalue weighted by atomic mass is 9.94. The van der Waals surface area contributed by atoms with Crippen LogP contribution in [0.3, 0.4) is 0 Å². The number of nitriles is 1. The summed E-state index contributed by atoms with van der Waals surface area (Å²) in [6, 6.07) is 18.8. The molecule has 4 nitrogen and oxygen atoms in total. The van der Waals surface area contributed by atoms with E-state index in [0.717, 1.165) is 11.5 Å². The van der Waals surface area contributed by atoms with Gasteiger partial charge < -0.3 is 10.1 Å². The van der Waals surface area contributed by atoms with Gasteiger partial charge >= 0.3 is 6.09 Å². The molecule has 0 radical (unpaired) electrons. The van der Waals surface area contributed by atoms with Gasteiger partial charge in [0.1, 0.15) is 12.1 Å². The Morgan fingerprint density at radius 3 is 2.27 bits per heavy atom. The molecule has 1 amide bonds. The van der Waals surface area contributed by atoms with Crippen LogP contribution in [0, 0.1) is 11.3 Å². The first-order valence-corrected chi connectivity index (χ1v) is 10.00. The molecule has 0 atom stereocenters. The lowest BCUT2D eigenvalue weighted by molar-refractivity contribution is 0.133. The van der Waals surface area contributed by atoms with Gasteiger partial charge in [-0.15, -0.1) is 0 Å². The highest BCUT2D eigenvalue weighted by Crippen LogP contribution is 2.44. The van der Waals surface area contributed by atoms with E-state index in [9.17, 15) is 10.1 Å². The Balaban J connectivity index is 1.48. The molecule has 0 bridgehead atoms. The van der Waals surface area contributed by atoms with Crippen molar-refractivity contribution in [3.8, 4) is 17.2 Å². The van der Waals surface area contributed by atoms with Crippen molar-refractivity contribution in [2.45, 2.75) is 24.3 Å². The van der Waals surface area contributed by atoms with Crippen LogP contribution >= 0.6 is 11.8 Å². The van der Waals surface area contributed by atoms with E-state index >= 15 is 0 Å². The maximum Gasteiger partial charge on any atom is 0.408 e. The van der Waals surface area contributed by atoms with E-state index in [1.54, 1.807) is 0 Å². The van der Waals surface area contributed by atoms with Gasteiger partial charge in [-0.2, -0.15) is 17.0 Å². The number of rotatable bonds is 3. The van der Waals surface area contributed by atoms with Crippen molar-refractivity contribution in [2.24, 2.45) is 0 Å². The second kappa shape index (κ2) is 7.05. The molecule has 0 unspecified atom stereocenters. The van der Waals surface area contributed by atoms with Crippen molar-refractivity contribution in [2.75, 3.05) is 18.1 Å². The highest BCUT2D eigenvalue weighted by atomic mass is 32.2. The Hall–Kier alpha value is -2.45. The van der Waals surface area contributed by atoms with Crippen LogP contribution in [0.25, 0.3) is 11.1 Å². The van der Waals surface area contributed by atoms with Crippen molar-refractivity contribution in [1.82, 2.24) is 5.32 Å². The summed E-state index contributed by atoms with van der Waals surface area (Å²) in [5.74, 6) is 1.81. The number of hydrogen-bond acceptors (Lipinski definition) is 4. The predicted molar refractivity (Wildman–Crippen MR) is 103 cm³/mol. The fraction of sp³-hybridized carbons (Fsp3) is 0.333. The zero-order valence-electron chi connectivity index (χ0n) is 14.4. The summed E-state index contributed by atoms with van der Waals surface area (Å²) < 4.78 is 5.56. The highest BCUT2D eigenvalue weighted by molar-refractivity contribution is 7.99. The SMILES string of the molecule is N#CC1(NC(=O)OCC2c3ccccc3-c3ccccc32)CCSCC1. The van der Waals surface area contributed by atoms with Crippen LogP contribution in [0.5, 0.6) is 0 Å². The molecule has 4 rings (SSSR count). The van der Waals surface area contributed by atoms with Gasteiger partial charge in [-0.3, -0.25) is 0 Å². The van der Waals surface area contributed by atoms with Gasteiger partial charge in [0.2, 0.25) is 0 Å². The van der Waals surface area contributed by atoms with E-state index in [-0.39, 0.29) is 12.5 Å². The number of carbonyl (C=O) groups is 1. The monoisotopic (exact) mass is 364 g/mol. The van der Waals surface area contributed by atoms with Crippen LogP contribution in [-0.4, -0.2) is 29.7 Å². The summed E-state index contributed by atoms with van der Waals surface area (Å²) in [4.78, 5) is 12.4. The number of benzene rings is 2. The minimum Gasteiger partial charge on any atom is -0.449 e. The summed E-state index contributed by atoms with van der Waals surface area (Å²) in [6.07, 6.45) is 0.830. The van der Waals surface area contributed by atoms with Crippen LogP contribution < -0.4 is 5.32 Å². The molecule has 0 spiro atoms. The summed E-state index contributed by atoms with van der Waals surface area (Å²) >= 11 is 1.81. The number of fused-ring (bicyclic) bond motifs is 3. The van der Waals surface area contributed by atoms with Gasteiger partial charge in [0, 0.05) is 5.92 Å². The molecule has 2 aromatic carbocycles. The average Bonchev–Trinajstić information content (AvgIpc) is 3.01. The largest absolute Gasteiger partial charge is 0.449 e. The molecular formula is C21H20N2O2S. The Bertz CT molecular complexity index is 823. The zero-order chi connectivity index (χ0) is 18.0. The Morgan fingerprint density at radius 2 is 1.69 bits per heavy atom. The van der Waals surface area contributed by atoms with Gasteiger partial charge in [0.15, 0.2) is 0 Å². The third-order valence-electron chi connectivity index (χ3n) is 5.25. The lowest BCUT2D eigenvalue weighted by Crippen LogP contribution is -2.50. The molecular weight excluding hydrogens is 344 g/mol. The fourth-order valence-electron chi connectivity index (χ4n) is 3.81. The molecule has 26 heavy (non-hydrogen) atoms. The Kier molecular flexibility index (Phi) is 4.60. The smallest absolute Gasteiger partial charge is 0.408 e. The van der Waals surface area contributed by atoms with E-state index < -0.39 is 11.6 Å². The molecule has 1 fully saturated rings. The minimum atomic E-state index is -0.784. The molecule has 132 valence electrons. The van der Waals surface area contributed by atoms with Crippen LogP contribution in [0.2, 0.25) is 0 Å². The van der Waals surface area contributed by atoms with E-state index in [0.29, 0.717) is 12.8 Å². The van der Waals surface area contributed by atoms with Gasteiger partial charge in [-0.25, -0.2) is 4.79 Å². The number of alkyl carbamates (subject to hydrolysis) is 1. The standard InChI is InChI=1S/C21H20N2O2S/c22-14-21(9-11-26-12-10-21)23-20(24)25-13-19-17-7-3-1-5-15(17)16-6-2-4-8-18(16)19/h1-8,19H,9-13H2,(H,23,24). The molecule has 1 saturated heterocycles. The van der Waals surface area contributed by atoms with E-state index in [2.05, 4.69) is 35.7 Å². The molecule has 1 aliphatic carbocycles. The molecule has 0 saturated carbocycles. The molecule has 1 heterocycles. The first kappa shape index (κ1) is 17.0. The van der Waals surface area contributed by atoms with Crippen molar-refractivity contribution in [3.05, 3.63) is 59.7 Å². The average molecular weight is 364 g/mol. The van der Waals surface area contributed by atoms with Gasteiger partial charge in [-0.1, -0.05) is 48.5 Å². The van der Waals surface area contributed by atoms with Crippen LogP contribution in [0.15, 0.2) is 48.5 Å². The number of nitrogens with one attached hydrogen (secondary N) is 1. The summed E-state index contributed by atoms with van der Waals surface area (Å²) in [6.45, 7) is 0.274. The third-order valence-corrected chi connectivity index (χ3v) is 6.23. The third kappa shape index (κ3) is 3.06. The first-order valence-electron chi connectivity index (χ1n) is 8.85. The molecule has 5 heteroatoms. The normalized spacial score (nSPS) is 17.7. The predicted octanol–water partition coefficient (Wildman–Crippen LogP) is 4.31. The van der Waals surface area contributed by atoms with Crippen molar-refractivity contribution < 1.29 is 9.53 Å². The second-order valence-corrected chi connectivity index (χ2v) is 7.98. The lowest BCUT2D eigenvalue weighted by Gasteiger charge is -2.30. The van der Waals surface area contributed by atoms with Crippen molar-refractivity contribution in [3.63, 3.8) is 0 Å². The van der Waals surface area contributed by atoms with Crippen LogP contribution in [0.4, 0.5) is 4.79 Å². The molecule has 0 aromatic heterocycles. The second-order valence-electron chi connectivity index (χ2n) is 6.76. The molecule has 2 aliphatic rings. The van der Waals surface area contributed by atoms with Crippen molar-refractivity contribution >= 4 is 17.9 Å². The number of carbonyl (C=O) groups excluding carboxylic acids is 1. The van der Waals surface area contributed by atoms with E-state index in [1.165, 1.54) is 22.3 Å². The topological polar surface area (TPSA) is 62.1 Å². The van der Waals surface area contributed by atoms with Crippen LogP contribution in [0.1, 0.15) is 29.9 Å². The van der Waals surface area contributed by atoms with Gasteiger partial charge in [-0.05, 0) is 46.6 Å². The van der Waals surface area contributed by atoms with Gasteiger partial charge in [0.05, 0.1) is 6.07 Å². The first-order chi connectivity index (χ1) is 12.7. The maximum atomic E-state index is 12.4. The summed E-state index contributed by atoms with van der Waals surface area (Å²) in [5.41, 5.74) is 3.99. The number of hydrogen-bond donors (Lipinski definition) is 1. The quantitative estimate of drug-likeness (QED) is 0.881. The summed E-state index contributed by atoms with van der Waals surface area (Å²) in [7, 11) is 0. The van der Waals surface area contributed by atoms with Gasteiger partial charge in [0.25, 0.3) is 0 Å². The Labute approximate surface area is 157 Å². The Morgan fingerprint density at radius 1 is 1.12 bits per heavy atom. The number of nitrogens with zero attached hydrogens (tertiary/aromatic N) is 1. The zero-order valence-corrected chi connectivity index (χ0v) is 15.2. The highest BCUT2D eigenvalue weighted by Gasteiger charge is 2.35. The van der Waals surface area contributed by atoms with E-state index in [1.807, 2.05) is 36.0 Å². The summed E-state index contributed by atoms with van der Waals surface area (Å²) in [5, 5.41) is 12.3. The molecule has 2 aromatic rings. The molecule has 1 N–H and O–H groups in total. The minimum absolute atomic E-state index is 0.0353. The maximum absolute atomic E-state index is 12.4. The number of thioether (sulfide) groups is 1. The van der Waals surface area contributed by atoms with E-state index in [4.69, 9.17) is 4.74 Å². The fourth-order valence-corrected chi connectivity index (χ4v) is 5.00.